The van der Waals surface area contributed by atoms with Crippen LogP contribution in [0.1, 0.15) is 31.8 Å². The third-order valence-electron chi connectivity index (χ3n) is 5.15. The fourth-order valence-electron chi connectivity index (χ4n) is 3.39. The Bertz CT molecular complexity index is 1420. The predicted molar refractivity (Wildman–Crippen MR) is 136 cm³/mol. The van der Waals surface area contributed by atoms with E-state index in [1.807, 2.05) is 60.7 Å². The molecule has 35 heavy (non-hydrogen) atoms. The molecule has 0 saturated carbocycles. The van der Waals surface area contributed by atoms with Crippen LogP contribution in [-0.4, -0.2) is 24.1 Å². The summed E-state index contributed by atoms with van der Waals surface area (Å²) in [6, 6.07) is 28.7. The van der Waals surface area contributed by atoms with Crippen LogP contribution in [-0.2, 0) is 0 Å². The van der Waals surface area contributed by atoms with Gasteiger partial charge in [-0.25, -0.2) is 4.79 Å². The van der Waals surface area contributed by atoms with E-state index in [9.17, 15) is 14.7 Å². The molecule has 0 radical (unpaired) electrons. The van der Waals surface area contributed by atoms with Crippen LogP contribution in [0, 0.1) is 11.8 Å². The lowest BCUT2D eigenvalue weighted by atomic mass is 10.1. The number of hydrogen-bond donors (Lipinski definition) is 3. The van der Waals surface area contributed by atoms with E-state index in [4.69, 9.17) is 4.74 Å². The standard InChI is InChI=1S/C29H22N2O4/c1-35-23-15-17-26(25(19-23)29(33)34)31-28(32)24-16-14-21(13-12-20-8-4-2-5-9-20)18-27(24)30-22-10-6-3-7-11-22/h2-11,14-19,30H,1H3,(H,31,32)(H,33,34). The molecule has 0 fully saturated rings. The molecule has 4 rings (SSSR count). The second kappa shape index (κ2) is 10.7. The lowest BCUT2D eigenvalue weighted by Gasteiger charge is -2.14. The van der Waals surface area contributed by atoms with Crippen LogP contribution in [0.5, 0.6) is 5.75 Å². The number of ether oxygens (including phenoxy) is 1. The molecule has 6 heteroatoms. The normalized spacial score (nSPS) is 9.97. The van der Waals surface area contributed by atoms with Crippen LogP contribution in [0.15, 0.2) is 97.1 Å². The van der Waals surface area contributed by atoms with Crippen molar-refractivity contribution in [2.24, 2.45) is 0 Å². The second-order valence-electron chi connectivity index (χ2n) is 7.54. The van der Waals surface area contributed by atoms with E-state index in [-0.39, 0.29) is 11.3 Å². The SMILES string of the molecule is COc1ccc(NC(=O)c2ccc(C#Cc3ccccc3)cc2Nc2ccccc2)c(C(=O)O)c1. The number of carboxylic acid groups (broad SMARTS) is 1. The van der Waals surface area contributed by atoms with Crippen molar-refractivity contribution in [3.8, 4) is 17.6 Å². The van der Waals surface area contributed by atoms with Gasteiger partial charge < -0.3 is 20.5 Å². The van der Waals surface area contributed by atoms with Gasteiger partial charge in [0.25, 0.3) is 5.91 Å². The number of para-hydroxylation sites is 1. The third-order valence-corrected chi connectivity index (χ3v) is 5.15. The Labute approximate surface area is 203 Å². The first kappa shape index (κ1) is 23.1. The fourth-order valence-corrected chi connectivity index (χ4v) is 3.39. The Hall–Kier alpha value is -5.02. The predicted octanol–water partition coefficient (Wildman–Crippen LogP) is 5.79. The number of amides is 1. The largest absolute Gasteiger partial charge is 0.497 e. The van der Waals surface area contributed by atoms with Gasteiger partial charge in [-0.3, -0.25) is 4.79 Å². The molecule has 0 aliphatic carbocycles. The first-order valence-electron chi connectivity index (χ1n) is 10.8. The summed E-state index contributed by atoms with van der Waals surface area (Å²) in [7, 11) is 1.45. The monoisotopic (exact) mass is 462 g/mol. The van der Waals surface area contributed by atoms with Gasteiger partial charge in [-0.1, -0.05) is 48.2 Å². The summed E-state index contributed by atoms with van der Waals surface area (Å²) in [6.45, 7) is 0. The smallest absolute Gasteiger partial charge is 0.337 e. The Morgan fingerprint density at radius 3 is 2.11 bits per heavy atom. The molecule has 3 N–H and O–H groups in total. The number of carbonyl (C=O) groups excluding carboxylic acids is 1. The lowest BCUT2D eigenvalue weighted by Crippen LogP contribution is -2.16. The lowest BCUT2D eigenvalue weighted by molar-refractivity contribution is 0.0697. The van der Waals surface area contributed by atoms with E-state index in [0.29, 0.717) is 17.0 Å². The molecule has 4 aromatic carbocycles. The zero-order chi connectivity index (χ0) is 24.6. The molecule has 0 aliphatic heterocycles. The van der Waals surface area contributed by atoms with Crippen molar-refractivity contribution in [1.82, 2.24) is 0 Å². The van der Waals surface area contributed by atoms with Crippen LogP contribution < -0.4 is 15.4 Å². The molecule has 0 aliphatic rings. The van der Waals surface area contributed by atoms with E-state index >= 15 is 0 Å². The van der Waals surface area contributed by atoms with Crippen molar-refractivity contribution < 1.29 is 19.4 Å². The van der Waals surface area contributed by atoms with Crippen molar-refractivity contribution in [2.45, 2.75) is 0 Å². The van der Waals surface area contributed by atoms with Gasteiger partial charge in [0.2, 0.25) is 0 Å². The van der Waals surface area contributed by atoms with Gasteiger partial charge >= 0.3 is 5.97 Å². The zero-order valence-corrected chi connectivity index (χ0v) is 18.9. The summed E-state index contributed by atoms with van der Waals surface area (Å²) < 4.78 is 5.10. The second-order valence-corrected chi connectivity index (χ2v) is 7.54. The van der Waals surface area contributed by atoms with Crippen LogP contribution in [0.3, 0.4) is 0 Å². The third kappa shape index (κ3) is 5.86. The maximum atomic E-state index is 13.2. The van der Waals surface area contributed by atoms with E-state index in [1.165, 1.54) is 19.2 Å². The minimum Gasteiger partial charge on any atom is -0.497 e. The van der Waals surface area contributed by atoms with Crippen LogP contribution in [0.25, 0.3) is 0 Å². The number of nitrogens with one attached hydrogen (secondary N) is 2. The molecule has 0 bridgehead atoms. The quantitative estimate of drug-likeness (QED) is 0.316. The molecule has 0 heterocycles. The number of rotatable bonds is 6. The minimum absolute atomic E-state index is 0.0689. The van der Waals surface area contributed by atoms with E-state index in [0.717, 1.165) is 16.8 Å². The Balaban J connectivity index is 1.68. The molecule has 172 valence electrons. The number of benzene rings is 4. The molecule has 4 aromatic rings. The van der Waals surface area contributed by atoms with Gasteiger partial charge in [-0.2, -0.15) is 0 Å². The molecule has 0 atom stereocenters. The highest BCUT2D eigenvalue weighted by Gasteiger charge is 2.17. The summed E-state index contributed by atoms with van der Waals surface area (Å²) in [5.74, 6) is 4.99. The maximum Gasteiger partial charge on any atom is 0.337 e. The fraction of sp³-hybridized carbons (Fsp3) is 0.0345. The van der Waals surface area contributed by atoms with Gasteiger partial charge in [0.05, 0.1) is 29.6 Å². The summed E-state index contributed by atoms with van der Waals surface area (Å²) in [4.78, 5) is 24.9. The van der Waals surface area contributed by atoms with E-state index in [1.54, 1.807) is 24.3 Å². The van der Waals surface area contributed by atoms with Crippen LogP contribution in [0.4, 0.5) is 17.1 Å². The van der Waals surface area contributed by atoms with Crippen molar-refractivity contribution in [2.75, 3.05) is 17.7 Å². The first-order valence-corrected chi connectivity index (χ1v) is 10.8. The number of hydrogen-bond acceptors (Lipinski definition) is 4. The topological polar surface area (TPSA) is 87.7 Å². The number of methoxy groups -OCH3 is 1. The summed E-state index contributed by atoms with van der Waals surface area (Å²) in [5, 5.41) is 15.6. The molecule has 0 aromatic heterocycles. The van der Waals surface area contributed by atoms with Gasteiger partial charge in [-0.15, -0.1) is 0 Å². The maximum absolute atomic E-state index is 13.2. The number of anilines is 3. The molecule has 0 saturated heterocycles. The van der Waals surface area contributed by atoms with Crippen LogP contribution in [0.2, 0.25) is 0 Å². The zero-order valence-electron chi connectivity index (χ0n) is 18.9. The van der Waals surface area contributed by atoms with Crippen molar-refractivity contribution in [3.63, 3.8) is 0 Å². The highest BCUT2D eigenvalue weighted by Crippen LogP contribution is 2.26. The molecule has 0 unspecified atom stereocenters. The minimum atomic E-state index is -1.17. The molecular formula is C29H22N2O4. The van der Waals surface area contributed by atoms with Crippen LogP contribution >= 0.6 is 0 Å². The van der Waals surface area contributed by atoms with Crippen molar-refractivity contribution in [1.29, 1.82) is 0 Å². The Morgan fingerprint density at radius 1 is 0.743 bits per heavy atom. The average Bonchev–Trinajstić information content (AvgIpc) is 2.89. The number of aromatic carboxylic acids is 1. The van der Waals surface area contributed by atoms with Gasteiger partial charge in [-0.05, 0) is 60.7 Å². The van der Waals surface area contributed by atoms with Gasteiger partial charge in [0.15, 0.2) is 0 Å². The number of carboxylic acids is 1. The van der Waals surface area contributed by atoms with Crippen molar-refractivity contribution >= 4 is 28.9 Å². The summed E-state index contributed by atoms with van der Waals surface area (Å²) in [5.41, 5.74) is 3.38. The number of carbonyl (C=O) groups is 2. The van der Waals surface area contributed by atoms with Gasteiger partial charge in [0, 0.05) is 16.8 Å². The first-order chi connectivity index (χ1) is 17.0. The van der Waals surface area contributed by atoms with Crippen molar-refractivity contribution in [3.05, 3.63) is 119 Å². The molecule has 6 nitrogen and oxygen atoms in total. The summed E-state index contributed by atoms with van der Waals surface area (Å²) >= 11 is 0. The Morgan fingerprint density at radius 2 is 1.43 bits per heavy atom. The van der Waals surface area contributed by atoms with Gasteiger partial charge in [0.1, 0.15) is 5.75 Å². The van der Waals surface area contributed by atoms with E-state index in [2.05, 4.69) is 22.5 Å². The molecule has 1 amide bonds. The molecular weight excluding hydrogens is 440 g/mol. The highest BCUT2D eigenvalue weighted by atomic mass is 16.5. The molecule has 0 spiro atoms. The highest BCUT2D eigenvalue weighted by molar-refractivity contribution is 6.11. The Kier molecular flexibility index (Phi) is 7.10. The average molecular weight is 463 g/mol. The summed E-state index contributed by atoms with van der Waals surface area (Å²) in [6.07, 6.45) is 0. The van der Waals surface area contributed by atoms with E-state index < -0.39 is 11.9 Å².